The highest BCUT2D eigenvalue weighted by atomic mass is 16.2. The topological polar surface area (TPSA) is 49.6 Å². The average Bonchev–Trinajstić information content (AvgIpc) is 2.44. The van der Waals surface area contributed by atoms with Crippen LogP contribution >= 0.6 is 0 Å². The summed E-state index contributed by atoms with van der Waals surface area (Å²) in [5.41, 5.74) is 7.86. The van der Waals surface area contributed by atoms with E-state index in [1.54, 1.807) is 0 Å². The summed E-state index contributed by atoms with van der Waals surface area (Å²) in [6, 6.07) is 8.33. The van der Waals surface area contributed by atoms with Gasteiger partial charge in [0.15, 0.2) is 0 Å². The van der Waals surface area contributed by atoms with E-state index in [1.165, 1.54) is 5.69 Å². The van der Waals surface area contributed by atoms with Gasteiger partial charge in [-0.2, -0.15) is 0 Å². The summed E-state index contributed by atoms with van der Waals surface area (Å²) in [6.07, 6.45) is 0.745. The van der Waals surface area contributed by atoms with E-state index in [9.17, 15) is 4.79 Å². The summed E-state index contributed by atoms with van der Waals surface area (Å²) in [5, 5.41) is 0. The van der Waals surface area contributed by atoms with Crippen molar-refractivity contribution in [1.82, 2.24) is 4.90 Å². The number of benzene rings is 1. The predicted octanol–water partition coefficient (Wildman–Crippen LogP) is 2.09. The monoisotopic (exact) mass is 277 g/mol. The Bertz CT molecular complexity index is 414. The summed E-state index contributed by atoms with van der Waals surface area (Å²) < 4.78 is 0. The molecular formula is C16H27N3O. The fraction of sp³-hybridized carbons (Fsp3) is 0.562. The zero-order chi connectivity index (χ0) is 15.1. The fourth-order valence-electron chi connectivity index (χ4n) is 2.15. The number of rotatable bonds is 7. The van der Waals surface area contributed by atoms with Gasteiger partial charge in [0, 0.05) is 38.8 Å². The lowest BCUT2D eigenvalue weighted by Crippen LogP contribution is -2.35. The summed E-state index contributed by atoms with van der Waals surface area (Å²) in [7, 11) is 4.04. The zero-order valence-corrected chi connectivity index (χ0v) is 13.1. The Morgan fingerprint density at radius 1 is 1.25 bits per heavy atom. The van der Waals surface area contributed by atoms with Crippen molar-refractivity contribution in [1.29, 1.82) is 0 Å². The molecule has 2 N–H and O–H groups in total. The molecule has 0 aliphatic rings. The molecule has 1 aromatic rings. The van der Waals surface area contributed by atoms with Crippen LogP contribution in [-0.2, 0) is 11.3 Å². The van der Waals surface area contributed by atoms with E-state index >= 15 is 0 Å². The van der Waals surface area contributed by atoms with Gasteiger partial charge in [0.2, 0.25) is 5.91 Å². The molecule has 0 spiro atoms. The van der Waals surface area contributed by atoms with Crippen LogP contribution in [0.5, 0.6) is 0 Å². The third-order valence-corrected chi connectivity index (χ3v) is 3.54. The van der Waals surface area contributed by atoms with E-state index in [-0.39, 0.29) is 11.8 Å². The van der Waals surface area contributed by atoms with E-state index in [4.69, 9.17) is 5.73 Å². The third kappa shape index (κ3) is 4.53. The van der Waals surface area contributed by atoms with Crippen LogP contribution in [0.25, 0.3) is 0 Å². The van der Waals surface area contributed by atoms with Gasteiger partial charge in [0.05, 0.1) is 0 Å². The normalized spacial score (nSPS) is 12.1. The average molecular weight is 277 g/mol. The molecule has 0 radical (unpaired) electrons. The molecule has 0 saturated carbocycles. The van der Waals surface area contributed by atoms with Crippen molar-refractivity contribution in [2.45, 2.75) is 26.8 Å². The van der Waals surface area contributed by atoms with E-state index in [1.807, 2.05) is 32.8 Å². The maximum atomic E-state index is 12.3. The number of nitrogens with zero attached hydrogens (tertiary/aromatic N) is 2. The van der Waals surface area contributed by atoms with Gasteiger partial charge in [-0.3, -0.25) is 4.79 Å². The SMILES string of the molecule is CCN(Cc1ccc(N(C)C)cc1)C(=O)C(C)CCN. The highest BCUT2D eigenvalue weighted by molar-refractivity contribution is 5.78. The van der Waals surface area contributed by atoms with Crippen LogP contribution in [0.15, 0.2) is 24.3 Å². The van der Waals surface area contributed by atoms with E-state index < -0.39 is 0 Å². The smallest absolute Gasteiger partial charge is 0.225 e. The number of hydrogen-bond donors (Lipinski definition) is 1. The van der Waals surface area contributed by atoms with Gasteiger partial charge in [-0.15, -0.1) is 0 Å². The minimum atomic E-state index is 0.000924. The molecule has 20 heavy (non-hydrogen) atoms. The van der Waals surface area contributed by atoms with Crippen LogP contribution in [0, 0.1) is 5.92 Å². The summed E-state index contributed by atoms with van der Waals surface area (Å²) in [5.74, 6) is 0.190. The van der Waals surface area contributed by atoms with Crippen molar-refractivity contribution in [3.05, 3.63) is 29.8 Å². The molecule has 1 aromatic carbocycles. The van der Waals surface area contributed by atoms with Gasteiger partial charge in [0.25, 0.3) is 0 Å². The van der Waals surface area contributed by atoms with Gasteiger partial charge in [-0.05, 0) is 37.6 Å². The molecule has 4 nitrogen and oxygen atoms in total. The quantitative estimate of drug-likeness (QED) is 0.830. The Kier molecular flexibility index (Phi) is 6.52. The van der Waals surface area contributed by atoms with Crippen molar-refractivity contribution in [3.8, 4) is 0 Å². The van der Waals surface area contributed by atoms with Gasteiger partial charge in [-0.1, -0.05) is 19.1 Å². The molecular weight excluding hydrogens is 250 g/mol. The molecule has 112 valence electrons. The highest BCUT2D eigenvalue weighted by Gasteiger charge is 2.18. The van der Waals surface area contributed by atoms with E-state index in [0.717, 1.165) is 18.5 Å². The first kappa shape index (κ1) is 16.5. The minimum Gasteiger partial charge on any atom is -0.378 e. The highest BCUT2D eigenvalue weighted by Crippen LogP contribution is 2.15. The molecule has 1 unspecified atom stereocenters. The van der Waals surface area contributed by atoms with Crippen molar-refractivity contribution < 1.29 is 4.79 Å². The molecule has 0 fully saturated rings. The molecule has 4 heteroatoms. The van der Waals surface area contributed by atoms with Crippen LogP contribution in [-0.4, -0.2) is 38.0 Å². The van der Waals surface area contributed by atoms with Crippen LogP contribution in [0.3, 0.4) is 0 Å². The Labute approximate surface area is 122 Å². The number of hydrogen-bond acceptors (Lipinski definition) is 3. The van der Waals surface area contributed by atoms with Crippen LogP contribution < -0.4 is 10.6 Å². The Balaban J connectivity index is 2.70. The molecule has 1 atom stereocenters. The minimum absolute atomic E-state index is 0.000924. The number of carbonyl (C=O) groups excluding carboxylic acids is 1. The number of nitrogens with two attached hydrogens (primary N) is 1. The Hall–Kier alpha value is -1.55. The van der Waals surface area contributed by atoms with Crippen molar-refractivity contribution >= 4 is 11.6 Å². The molecule has 0 heterocycles. The molecule has 1 amide bonds. The summed E-state index contributed by atoms with van der Waals surface area (Å²) in [6.45, 7) is 5.91. The molecule has 0 aromatic heterocycles. The first-order valence-corrected chi connectivity index (χ1v) is 7.24. The third-order valence-electron chi connectivity index (χ3n) is 3.54. The molecule has 0 aliphatic carbocycles. The first-order chi connectivity index (χ1) is 9.49. The largest absolute Gasteiger partial charge is 0.378 e. The zero-order valence-electron chi connectivity index (χ0n) is 13.1. The lowest BCUT2D eigenvalue weighted by atomic mass is 10.1. The number of carbonyl (C=O) groups is 1. The van der Waals surface area contributed by atoms with Crippen molar-refractivity contribution in [2.24, 2.45) is 11.7 Å². The van der Waals surface area contributed by atoms with Crippen LogP contribution in [0.1, 0.15) is 25.8 Å². The van der Waals surface area contributed by atoms with Gasteiger partial charge in [-0.25, -0.2) is 0 Å². The molecule has 1 rings (SSSR count). The maximum absolute atomic E-state index is 12.3. The Morgan fingerprint density at radius 3 is 2.30 bits per heavy atom. The standard InChI is InChI=1S/C16H27N3O/c1-5-19(16(20)13(2)10-11-17)12-14-6-8-15(9-7-14)18(3)4/h6-9,13H,5,10-12,17H2,1-4H3. The second kappa shape index (κ2) is 7.90. The number of amides is 1. The van der Waals surface area contributed by atoms with Crippen molar-refractivity contribution in [2.75, 3.05) is 32.1 Å². The van der Waals surface area contributed by atoms with Crippen molar-refractivity contribution in [3.63, 3.8) is 0 Å². The second-order valence-electron chi connectivity index (χ2n) is 5.39. The molecule has 0 aliphatic heterocycles. The Morgan fingerprint density at radius 2 is 1.85 bits per heavy atom. The fourth-order valence-corrected chi connectivity index (χ4v) is 2.15. The van der Waals surface area contributed by atoms with E-state index in [2.05, 4.69) is 29.2 Å². The lowest BCUT2D eigenvalue weighted by molar-refractivity contribution is -0.135. The predicted molar refractivity (Wildman–Crippen MR) is 84.7 cm³/mol. The van der Waals surface area contributed by atoms with Crippen LogP contribution in [0.4, 0.5) is 5.69 Å². The van der Waals surface area contributed by atoms with E-state index in [0.29, 0.717) is 13.1 Å². The van der Waals surface area contributed by atoms with Crippen LogP contribution in [0.2, 0.25) is 0 Å². The van der Waals surface area contributed by atoms with Gasteiger partial charge >= 0.3 is 0 Å². The second-order valence-corrected chi connectivity index (χ2v) is 5.39. The van der Waals surface area contributed by atoms with Gasteiger partial charge < -0.3 is 15.5 Å². The first-order valence-electron chi connectivity index (χ1n) is 7.24. The maximum Gasteiger partial charge on any atom is 0.225 e. The summed E-state index contributed by atoms with van der Waals surface area (Å²) in [4.78, 5) is 16.3. The number of anilines is 1. The summed E-state index contributed by atoms with van der Waals surface area (Å²) >= 11 is 0. The lowest BCUT2D eigenvalue weighted by Gasteiger charge is -2.24. The van der Waals surface area contributed by atoms with Gasteiger partial charge in [0.1, 0.15) is 0 Å². The molecule has 0 saturated heterocycles. The molecule has 0 bridgehead atoms.